The molecule has 9 nitrogen and oxygen atoms in total. The lowest BCUT2D eigenvalue weighted by Gasteiger charge is -2.28. The summed E-state index contributed by atoms with van der Waals surface area (Å²) in [5.41, 5.74) is 0. The Morgan fingerprint density at radius 3 is 1.21 bits per heavy atom. The van der Waals surface area contributed by atoms with Crippen molar-refractivity contribution in [2.24, 2.45) is 0 Å². The SMILES string of the molecule is CC/C=C\C/C=C\C/C=C\C/C=C\CCCCCCCCCCCCCCCCCCCCCCCCCCCCC(=O)NC(COP(=O)(O)OCC[N+](C)(C)C)C(O)C(O)CCCCCCCCCCCCCC. The molecule has 1 amide bonds. The Morgan fingerprint density at radius 1 is 0.480 bits per heavy atom. The number of hydrogen-bond acceptors (Lipinski definition) is 6. The van der Waals surface area contributed by atoms with Crippen LogP contribution in [0.2, 0.25) is 0 Å². The van der Waals surface area contributed by atoms with Crippen molar-refractivity contribution in [3.05, 3.63) is 48.6 Å². The van der Waals surface area contributed by atoms with Crippen molar-refractivity contribution in [3.63, 3.8) is 0 Å². The molecule has 0 saturated carbocycles. The predicted molar refractivity (Wildman–Crippen MR) is 324 cm³/mol. The Hall–Kier alpha value is -1.58. The number of nitrogens with zero attached hydrogens (tertiary/aromatic N) is 1. The van der Waals surface area contributed by atoms with Gasteiger partial charge in [0, 0.05) is 6.42 Å². The first-order valence-electron chi connectivity index (χ1n) is 32.1. The lowest BCUT2D eigenvalue weighted by atomic mass is 9.99. The fraction of sp³-hybridized carbons (Fsp3) is 0.862. The van der Waals surface area contributed by atoms with Crippen molar-refractivity contribution < 1.29 is 38.0 Å². The van der Waals surface area contributed by atoms with Gasteiger partial charge in [0.15, 0.2) is 0 Å². The highest BCUT2D eigenvalue weighted by atomic mass is 31.2. The highest BCUT2D eigenvalue weighted by Crippen LogP contribution is 2.43. The minimum atomic E-state index is -4.42. The molecule has 10 heteroatoms. The molecule has 0 aliphatic rings. The van der Waals surface area contributed by atoms with Gasteiger partial charge in [-0.1, -0.05) is 294 Å². The van der Waals surface area contributed by atoms with E-state index in [4.69, 9.17) is 9.05 Å². The smallest absolute Gasteiger partial charge is 0.390 e. The van der Waals surface area contributed by atoms with Crippen LogP contribution in [0.15, 0.2) is 48.6 Å². The van der Waals surface area contributed by atoms with Crippen LogP contribution in [-0.4, -0.2) is 84.6 Å². The maximum Gasteiger partial charge on any atom is 0.472 e. The fourth-order valence-electron chi connectivity index (χ4n) is 9.67. The maximum absolute atomic E-state index is 13.0. The van der Waals surface area contributed by atoms with Gasteiger partial charge in [-0.05, 0) is 51.4 Å². The minimum absolute atomic E-state index is 0.0237. The summed E-state index contributed by atoms with van der Waals surface area (Å²) < 4.78 is 23.7. The summed E-state index contributed by atoms with van der Waals surface area (Å²) in [7, 11) is 1.45. The van der Waals surface area contributed by atoms with Crippen LogP contribution in [0.1, 0.15) is 303 Å². The number of aliphatic hydroxyl groups is 2. The van der Waals surface area contributed by atoms with Crippen LogP contribution in [0.25, 0.3) is 0 Å². The molecule has 0 aromatic carbocycles. The van der Waals surface area contributed by atoms with Crippen molar-refractivity contribution >= 4 is 13.7 Å². The van der Waals surface area contributed by atoms with Crippen LogP contribution in [0.5, 0.6) is 0 Å². The number of phosphoric acid groups is 1. The van der Waals surface area contributed by atoms with E-state index < -0.39 is 32.7 Å². The van der Waals surface area contributed by atoms with E-state index in [9.17, 15) is 24.5 Å². The zero-order valence-electron chi connectivity index (χ0n) is 50.2. The lowest BCUT2D eigenvalue weighted by molar-refractivity contribution is -0.870. The van der Waals surface area contributed by atoms with Gasteiger partial charge in [-0.2, -0.15) is 0 Å². The van der Waals surface area contributed by atoms with E-state index in [0.29, 0.717) is 23.9 Å². The summed E-state index contributed by atoms with van der Waals surface area (Å²) in [6, 6.07) is -1.03. The van der Waals surface area contributed by atoms with E-state index in [1.54, 1.807) is 0 Å². The van der Waals surface area contributed by atoms with Crippen LogP contribution in [0, 0.1) is 0 Å². The monoisotopic (exact) mass is 1080 g/mol. The lowest BCUT2D eigenvalue weighted by Crippen LogP contribution is -2.51. The highest BCUT2D eigenvalue weighted by molar-refractivity contribution is 7.47. The number of aliphatic hydroxyl groups excluding tert-OH is 2. The molecular formula is C65H126N2O7P+. The molecule has 0 aliphatic heterocycles. The Bertz CT molecular complexity index is 1380. The molecule has 75 heavy (non-hydrogen) atoms. The second kappa shape index (κ2) is 55.7. The van der Waals surface area contributed by atoms with Gasteiger partial charge in [0.05, 0.1) is 39.9 Å². The van der Waals surface area contributed by atoms with Crippen molar-refractivity contribution in [2.75, 3.05) is 40.9 Å². The number of amides is 1. The van der Waals surface area contributed by atoms with Crippen LogP contribution in [0.4, 0.5) is 0 Å². The summed E-state index contributed by atoms with van der Waals surface area (Å²) in [5.74, 6) is -0.253. The molecule has 0 spiro atoms. The van der Waals surface area contributed by atoms with Crippen LogP contribution in [-0.2, 0) is 18.4 Å². The molecule has 0 heterocycles. The molecule has 4 unspecified atom stereocenters. The average molecular weight is 1080 g/mol. The third-order valence-electron chi connectivity index (χ3n) is 14.7. The summed E-state index contributed by atoms with van der Waals surface area (Å²) in [4.78, 5) is 23.4. The largest absolute Gasteiger partial charge is 0.472 e. The third-order valence-corrected chi connectivity index (χ3v) is 15.7. The topological polar surface area (TPSA) is 125 Å². The molecule has 0 aliphatic carbocycles. The van der Waals surface area contributed by atoms with Gasteiger partial charge in [-0.25, -0.2) is 4.57 Å². The molecule has 0 radical (unpaired) electrons. The average Bonchev–Trinajstić information content (AvgIpc) is 3.37. The number of likely N-dealkylation sites (N-methyl/N-ethyl adjacent to an activating group) is 1. The number of quaternary nitrogens is 1. The molecule has 4 N–H and O–H groups in total. The first kappa shape index (κ1) is 73.4. The van der Waals surface area contributed by atoms with Crippen LogP contribution in [0.3, 0.4) is 0 Å². The van der Waals surface area contributed by atoms with E-state index in [2.05, 4.69) is 67.8 Å². The van der Waals surface area contributed by atoms with Crippen molar-refractivity contribution in [2.45, 2.75) is 321 Å². The molecule has 0 fully saturated rings. The predicted octanol–water partition coefficient (Wildman–Crippen LogP) is 18.9. The maximum atomic E-state index is 13.0. The Labute approximate surface area is 465 Å². The normalized spacial score (nSPS) is 14.5. The summed E-state index contributed by atoms with van der Waals surface area (Å²) in [5, 5.41) is 24.8. The summed E-state index contributed by atoms with van der Waals surface area (Å²) in [6.45, 7) is 4.52. The molecule has 4 atom stereocenters. The zero-order valence-corrected chi connectivity index (χ0v) is 51.1. The number of unbranched alkanes of at least 4 members (excludes halogenated alkanes) is 37. The van der Waals surface area contributed by atoms with E-state index in [1.807, 2.05) is 21.1 Å². The van der Waals surface area contributed by atoms with E-state index in [1.165, 1.54) is 212 Å². The molecule has 0 rings (SSSR count). The molecule has 0 bridgehead atoms. The number of carbonyl (C=O) groups is 1. The molecule has 0 aromatic heterocycles. The van der Waals surface area contributed by atoms with Crippen LogP contribution >= 0.6 is 7.82 Å². The Kier molecular flexibility index (Phi) is 54.5. The second-order valence-corrected chi connectivity index (χ2v) is 24.7. The number of phosphoric ester groups is 1. The second-order valence-electron chi connectivity index (χ2n) is 23.3. The number of rotatable bonds is 59. The number of carbonyl (C=O) groups excluding carboxylic acids is 1. The highest BCUT2D eigenvalue weighted by Gasteiger charge is 2.32. The summed E-state index contributed by atoms with van der Waals surface area (Å²) in [6.07, 6.45) is 70.9. The molecule has 0 aromatic rings. The molecule has 442 valence electrons. The first-order chi connectivity index (χ1) is 36.4. The zero-order chi connectivity index (χ0) is 55.0. The molecule has 0 saturated heterocycles. The number of nitrogens with one attached hydrogen (secondary N) is 1. The van der Waals surface area contributed by atoms with E-state index in [0.717, 1.165) is 64.2 Å². The van der Waals surface area contributed by atoms with Gasteiger partial charge in [0.2, 0.25) is 5.91 Å². The number of hydrogen-bond donors (Lipinski definition) is 4. The standard InChI is InChI=1S/C65H125N2O7P/c1-6-8-10-12-14-16-18-20-21-22-23-24-25-26-27-28-29-30-31-32-33-34-35-36-37-38-39-40-41-42-43-44-45-46-48-50-52-54-56-58-64(69)66-62(61-74-75(71,72)73-60-59-67(3,4)5)65(70)63(68)57-55-53-51-49-47-19-17-15-13-11-9-7-2/h8,10,14,16,20-21,23-24,62-63,65,68,70H,6-7,9,11-13,15,17-19,22,25-61H2,1-5H3,(H-,66,69,71,72)/p+1/b10-8-,16-14-,21-20-,24-23-. The van der Waals surface area contributed by atoms with Gasteiger partial charge in [-0.15, -0.1) is 0 Å². The van der Waals surface area contributed by atoms with Gasteiger partial charge < -0.3 is 24.9 Å². The van der Waals surface area contributed by atoms with Gasteiger partial charge >= 0.3 is 7.82 Å². The van der Waals surface area contributed by atoms with Gasteiger partial charge in [0.1, 0.15) is 19.3 Å². The summed E-state index contributed by atoms with van der Waals surface area (Å²) >= 11 is 0. The van der Waals surface area contributed by atoms with E-state index >= 15 is 0 Å². The quantitative estimate of drug-likeness (QED) is 0.0207. The third kappa shape index (κ3) is 56.9. The number of allylic oxidation sites excluding steroid dienone is 8. The van der Waals surface area contributed by atoms with Gasteiger partial charge in [-0.3, -0.25) is 13.8 Å². The van der Waals surface area contributed by atoms with E-state index in [-0.39, 0.29) is 12.5 Å². The van der Waals surface area contributed by atoms with Crippen molar-refractivity contribution in [3.8, 4) is 0 Å². The first-order valence-corrected chi connectivity index (χ1v) is 33.6. The van der Waals surface area contributed by atoms with Gasteiger partial charge in [0.25, 0.3) is 0 Å². The fourth-order valence-corrected chi connectivity index (χ4v) is 10.4. The Balaban J connectivity index is 3.91. The Morgan fingerprint density at radius 2 is 0.827 bits per heavy atom. The molecular weight excluding hydrogens is 952 g/mol. The minimum Gasteiger partial charge on any atom is -0.390 e. The van der Waals surface area contributed by atoms with Crippen LogP contribution < -0.4 is 5.32 Å². The van der Waals surface area contributed by atoms with Crippen molar-refractivity contribution in [1.29, 1.82) is 0 Å². The van der Waals surface area contributed by atoms with Crippen molar-refractivity contribution in [1.82, 2.24) is 5.32 Å².